The highest BCUT2D eigenvalue weighted by Crippen LogP contribution is 2.42. The van der Waals surface area contributed by atoms with E-state index in [0.717, 1.165) is 19.1 Å². The van der Waals surface area contributed by atoms with E-state index in [-0.39, 0.29) is 0 Å². The predicted molar refractivity (Wildman–Crippen MR) is 129 cm³/mol. The third-order valence-electron chi connectivity index (χ3n) is 7.70. The van der Waals surface area contributed by atoms with Crippen molar-refractivity contribution in [3.05, 3.63) is 41.6 Å². The number of alkyl halides is 2. The monoisotopic (exact) mass is 502 g/mol. The van der Waals surface area contributed by atoms with Crippen molar-refractivity contribution in [3.63, 3.8) is 0 Å². The molecule has 0 aromatic heterocycles. The molecule has 8 nitrogen and oxygen atoms in total. The summed E-state index contributed by atoms with van der Waals surface area (Å²) in [6.45, 7) is 3.94. The fourth-order valence-electron chi connectivity index (χ4n) is 5.09. The molecule has 1 spiro atoms. The van der Waals surface area contributed by atoms with Crippen molar-refractivity contribution in [2.75, 3.05) is 26.2 Å². The molecule has 1 aromatic rings. The largest absolute Gasteiger partial charge is 0.667 e. The molecule has 1 atom stereocenters. The maximum absolute atomic E-state index is 13.9. The molecule has 2 aliphatic heterocycles. The Morgan fingerprint density at radius 2 is 1.78 bits per heavy atom. The summed E-state index contributed by atoms with van der Waals surface area (Å²) >= 11 is 0. The van der Waals surface area contributed by atoms with Crippen LogP contribution in [-0.4, -0.2) is 76.6 Å². The topological polar surface area (TPSA) is 120 Å². The number of hydrogen-bond donors (Lipinski definition) is 2. The minimum atomic E-state index is -3.13. The van der Waals surface area contributed by atoms with Crippen LogP contribution in [0.2, 0.25) is 0 Å². The average Bonchev–Trinajstić information content (AvgIpc) is 3.74. The van der Waals surface area contributed by atoms with Crippen molar-refractivity contribution in [1.29, 1.82) is 5.26 Å². The molecule has 2 heterocycles. The van der Waals surface area contributed by atoms with Gasteiger partial charge in [-0.05, 0) is 57.2 Å². The summed E-state index contributed by atoms with van der Waals surface area (Å²) in [4.78, 5) is 26.6. The molecule has 0 bridgehead atoms. The van der Waals surface area contributed by atoms with Crippen LogP contribution in [0.25, 0.3) is 5.73 Å². The summed E-state index contributed by atoms with van der Waals surface area (Å²) in [5.74, 6) is -3.93. The van der Waals surface area contributed by atoms with Crippen molar-refractivity contribution in [2.45, 2.75) is 74.9 Å². The zero-order valence-corrected chi connectivity index (χ0v) is 20.4. The maximum Gasteiger partial charge on any atom is 0.407 e. The number of nitrogens with one attached hydrogen (secondary N) is 2. The van der Waals surface area contributed by atoms with Gasteiger partial charge < -0.3 is 26.0 Å². The number of nitrogens with zero attached hydrogens (tertiary/aromatic N) is 3. The van der Waals surface area contributed by atoms with E-state index in [0.29, 0.717) is 23.8 Å². The summed E-state index contributed by atoms with van der Waals surface area (Å²) in [6.07, 6.45) is 4.10. The van der Waals surface area contributed by atoms with Crippen molar-refractivity contribution < 1.29 is 23.5 Å². The van der Waals surface area contributed by atoms with E-state index in [4.69, 9.17) is 16.1 Å². The number of amides is 2. The normalized spacial score (nSPS) is 22.9. The minimum absolute atomic E-state index is 0.351. The summed E-state index contributed by atoms with van der Waals surface area (Å²) in [6, 6.07) is 9.48. The van der Waals surface area contributed by atoms with Crippen LogP contribution in [0.3, 0.4) is 0 Å². The van der Waals surface area contributed by atoms with Gasteiger partial charge in [-0.1, -0.05) is 36.4 Å². The average molecular weight is 503 g/mol. The van der Waals surface area contributed by atoms with Crippen LogP contribution in [0.4, 0.5) is 13.6 Å². The van der Waals surface area contributed by atoms with Gasteiger partial charge in [0.25, 0.3) is 5.92 Å². The molecule has 0 unspecified atom stereocenters. The molecule has 196 valence electrons. The molecule has 0 radical (unpaired) electrons. The van der Waals surface area contributed by atoms with Crippen LogP contribution >= 0.6 is 0 Å². The van der Waals surface area contributed by atoms with E-state index in [2.05, 4.69) is 10.2 Å². The summed E-state index contributed by atoms with van der Waals surface area (Å²) in [5, 5.41) is 20.0. The van der Waals surface area contributed by atoms with Gasteiger partial charge >= 0.3 is 6.09 Å². The summed E-state index contributed by atoms with van der Waals surface area (Å²) < 4.78 is 27.8. The van der Waals surface area contributed by atoms with Gasteiger partial charge in [-0.15, -0.1) is 0 Å². The van der Waals surface area contributed by atoms with E-state index in [1.165, 1.54) is 38.8 Å². The molecule has 2 aliphatic carbocycles. The first-order valence-electron chi connectivity index (χ1n) is 12.6. The lowest BCUT2D eigenvalue weighted by Crippen LogP contribution is -2.61. The molecule has 3 N–H and O–H groups in total. The van der Waals surface area contributed by atoms with E-state index >= 15 is 0 Å². The first kappa shape index (κ1) is 26.3. The van der Waals surface area contributed by atoms with Crippen LogP contribution in [0.1, 0.15) is 50.5 Å². The van der Waals surface area contributed by atoms with Gasteiger partial charge in [0.15, 0.2) is 0 Å². The van der Waals surface area contributed by atoms with E-state index < -0.39 is 42.3 Å². The summed E-state index contributed by atoms with van der Waals surface area (Å²) in [5.41, 5.74) is 7.47. The molecule has 4 fully saturated rings. The lowest BCUT2D eigenvalue weighted by atomic mass is 9.72. The van der Waals surface area contributed by atoms with Gasteiger partial charge in [-0.3, -0.25) is 4.79 Å². The van der Waals surface area contributed by atoms with E-state index in [1.54, 1.807) is 35.2 Å². The Labute approximate surface area is 210 Å². The number of rotatable bonds is 7. The second-order valence-electron chi connectivity index (χ2n) is 10.9. The smallest absolute Gasteiger partial charge is 0.407 e. The first-order valence-corrected chi connectivity index (χ1v) is 12.6. The predicted octanol–water partition coefficient (Wildman–Crippen LogP) is 4.07. The number of carbonyl (C=O) groups is 2. The number of likely N-dealkylation sites (tertiary alicyclic amines) is 2. The number of halogens is 2. The highest BCUT2D eigenvalue weighted by Gasteiger charge is 2.48. The summed E-state index contributed by atoms with van der Waals surface area (Å²) in [7, 11) is 0. The minimum Gasteiger partial charge on any atom is -0.667 e. The Morgan fingerprint density at radius 1 is 1.17 bits per heavy atom. The maximum atomic E-state index is 13.9. The molecule has 1 aromatic carbocycles. The SMILES string of the molecule is N#CC1(NC(=O)[C@@H]([NH-])CC(F)(F)Cc2ccccc2)CC1.O=C(O)N1CC2(CCN(C3CC3)CC2)C1. The molecule has 2 saturated carbocycles. The molecule has 2 saturated heterocycles. The highest BCUT2D eigenvalue weighted by molar-refractivity contribution is 5.84. The van der Waals surface area contributed by atoms with Gasteiger partial charge in [-0.2, -0.15) is 5.26 Å². The number of carbonyl (C=O) groups excluding carboxylic acids is 1. The lowest BCUT2D eigenvalue weighted by Gasteiger charge is -2.53. The van der Waals surface area contributed by atoms with Crippen molar-refractivity contribution >= 4 is 12.0 Å². The van der Waals surface area contributed by atoms with Crippen molar-refractivity contribution in [1.82, 2.24) is 15.1 Å². The first-order chi connectivity index (χ1) is 17.0. The zero-order chi connectivity index (χ0) is 26.0. The molecule has 10 heteroatoms. The van der Waals surface area contributed by atoms with E-state index in [1.807, 2.05) is 6.07 Å². The molecule has 2 amide bonds. The fourth-order valence-corrected chi connectivity index (χ4v) is 5.09. The van der Waals surface area contributed by atoms with Crippen LogP contribution in [0.15, 0.2) is 30.3 Å². The number of carboxylic acid groups (broad SMARTS) is 1. The van der Waals surface area contributed by atoms with Crippen LogP contribution in [0.5, 0.6) is 0 Å². The second-order valence-corrected chi connectivity index (χ2v) is 10.9. The standard InChI is InChI=1S/C15H16F2N3O.C11H18N2O2/c16-15(17,8-11-4-2-1-3-5-11)9-12(19)13(21)20-14(10-18)6-7-14;14-10(15)13-7-11(8-13)3-5-12(6-4-11)9-1-2-9/h1-5,12,19H,6-9H2,(H,20,21);9H,1-8H2,(H,14,15)/q-1;/t12-;/m0./s1. The quantitative estimate of drug-likeness (QED) is 0.582. The lowest BCUT2D eigenvalue weighted by molar-refractivity contribution is -0.124. The number of piperidine rings is 1. The molecular weight excluding hydrogens is 468 g/mol. The molecule has 36 heavy (non-hydrogen) atoms. The van der Waals surface area contributed by atoms with Crippen LogP contribution in [0, 0.1) is 16.7 Å². The second kappa shape index (κ2) is 10.3. The Kier molecular flexibility index (Phi) is 7.53. The van der Waals surface area contributed by atoms with Gasteiger partial charge in [0.1, 0.15) is 5.54 Å². The molecule has 5 rings (SSSR count). The Morgan fingerprint density at radius 3 is 2.28 bits per heavy atom. The van der Waals surface area contributed by atoms with Gasteiger partial charge in [0.2, 0.25) is 5.91 Å². The van der Waals surface area contributed by atoms with Gasteiger partial charge in [-0.25, -0.2) is 13.6 Å². The van der Waals surface area contributed by atoms with Gasteiger partial charge in [0.05, 0.1) is 6.07 Å². The Bertz CT molecular complexity index is 975. The Hall–Kier alpha value is -2.77. The zero-order valence-electron chi connectivity index (χ0n) is 20.4. The fraction of sp³-hybridized carbons (Fsp3) is 0.654. The molecular formula is C26H34F2N5O3-. The third kappa shape index (κ3) is 6.71. The van der Waals surface area contributed by atoms with Crippen molar-refractivity contribution in [3.8, 4) is 6.07 Å². The molecule has 4 aliphatic rings. The van der Waals surface area contributed by atoms with E-state index in [9.17, 15) is 18.4 Å². The number of nitriles is 1. The van der Waals surface area contributed by atoms with Crippen molar-refractivity contribution in [2.24, 2.45) is 5.41 Å². The number of benzene rings is 1. The Balaban J connectivity index is 0.000000178. The van der Waals surface area contributed by atoms with Crippen LogP contribution in [-0.2, 0) is 11.2 Å². The highest BCUT2D eigenvalue weighted by atomic mass is 19.3. The van der Waals surface area contributed by atoms with Crippen LogP contribution < -0.4 is 5.32 Å². The number of hydrogen-bond acceptors (Lipinski definition) is 4. The third-order valence-corrected chi connectivity index (χ3v) is 7.70. The van der Waals surface area contributed by atoms with Gasteiger partial charge in [0, 0.05) is 37.4 Å².